The van der Waals surface area contributed by atoms with Gasteiger partial charge in [0.05, 0.1) is 6.54 Å². The van der Waals surface area contributed by atoms with Crippen LogP contribution in [0.3, 0.4) is 0 Å². The van der Waals surface area contributed by atoms with Crippen molar-refractivity contribution in [1.82, 2.24) is 5.43 Å². The highest BCUT2D eigenvalue weighted by atomic mass is 15.4. The quantitative estimate of drug-likeness (QED) is 0.328. The Labute approximate surface area is 94.0 Å². The van der Waals surface area contributed by atoms with Crippen LogP contribution < -0.4 is 5.43 Å². The summed E-state index contributed by atoms with van der Waals surface area (Å²) in [4.78, 5) is 0. The molecule has 15 heavy (non-hydrogen) atoms. The van der Waals surface area contributed by atoms with E-state index in [1.54, 1.807) is 0 Å². The van der Waals surface area contributed by atoms with Gasteiger partial charge in [0.2, 0.25) is 0 Å². The molecule has 0 spiro atoms. The van der Waals surface area contributed by atoms with Crippen LogP contribution in [0, 0.1) is 0 Å². The maximum atomic E-state index is 3.97. The van der Waals surface area contributed by atoms with Gasteiger partial charge in [0.1, 0.15) is 0 Å². The minimum absolute atomic E-state index is 0.827. The van der Waals surface area contributed by atoms with E-state index in [0.29, 0.717) is 0 Å². The summed E-state index contributed by atoms with van der Waals surface area (Å²) in [6, 6.07) is 0. The lowest BCUT2D eigenvalue weighted by Crippen LogP contribution is -1.91. The molecule has 0 amide bonds. The van der Waals surface area contributed by atoms with Crippen LogP contribution in [-0.4, -0.2) is 6.54 Å². The lowest BCUT2D eigenvalue weighted by molar-refractivity contribution is 0.672. The van der Waals surface area contributed by atoms with Gasteiger partial charge in [-0.3, -0.25) is 5.43 Å². The molecule has 0 aromatic heterocycles. The molecule has 3 heteroatoms. The zero-order chi connectivity index (χ0) is 11.2. The predicted octanol–water partition coefficient (Wildman–Crippen LogP) is 4.23. The van der Waals surface area contributed by atoms with Crippen molar-refractivity contribution in [2.24, 2.45) is 10.3 Å². The largest absolute Gasteiger partial charge is 0.268 e. The topological polar surface area (TPSA) is 36.8 Å². The molecule has 0 radical (unpaired) electrons. The van der Waals surface area contributed by atoms with Gasteiger partial charge in [-0.15, -0.1) is 0 Å². The van der Waals surface area contributed by atoms with Gasteiger partial charge in [0.15, 0.2) is 0 Å². The minimum atomic E-state index is 0.827. The summed E-state index contributed by atoms with van der Waals surface area (Å²) < 4.78 is 0. The first-order valence-electron chi connectivity index (χ1n) is 6.18. The second kappa shape index (κ2) is 13.1. The first kappa shape index (κ1) is 14.1. The molecule has 0 bridgehead atoms. The van der Waals surface area contributed by atoms with E-state index in [-0.39, 0.29) is 0 Å². The lowest BCUT2D eigenvalue weighted by atomic mass is 10.1. The summed E-state index contributed by atoms with van der Waals surface area (Å²) in [5.41, 5.74) is 2.81. The SMILES string of the molecule is CCCCCC/C=C/NN=NCCCC. The van der Waals surface area contributed by atoms with Crippen molar-refractivity contribution < 1.29 is 0 Å². The van der Waals surface area contributed by atoms with Gasteiger partial charge in [-0.2, -0.15) is 5.11 Å². The van der Waals surface area contributed by atoms with Gasteiger partial charge < -0.3 is 0 Å². The molecule has 0 heterocycles. The van der Waals surface area contributed by atoms with Crippen LogP contribution in [0.25, 0.3) is 0 Å². The number of hydrogen-bond acceptors (Lipinski definition) is 2. The van der Waals surface area contributed by atoms with Crippen LogP contribution in [0.4, 0.5) is 0 Å². The number of hydrogen-bond donors (Lipinski definition) is 1. The van der Waals surface area contributed by atoms with Crippen LogP contribution in [0.2, 0.25) is 0 Å². The Kier molecular flexibility index (Phi) is 12.4. The third-order valence-corrected chi connectivity index (χ3v) is 2.16. The van der Waals surface area contributed by atoms with E-state index in [0.717, 1.165) is 19.4 Å². The molecule has 0 saturated heterocycles. The molecule has 0 fully saturated rings. The zero-order valence-corrected chi connectivity index (χ0v) is 10.2. The number of rotatable bonds is 10. The Morgan fingerprint density at radius 3 is 2.53 bits per heavy atom. The van der Waals surface area contributed by atoms with Gasteiger partial charge in [-0.05, 0) is 19.3 Å². The standard InChI is InChI=1S/C12H25N3/c1-3-5-7-8-9-10-12-14-15-13-11-6-4-2/h10,12H,3-9,11H2,1-2H3,(H,13,14)/b12-10+. The summed E-state index contributed by atoms with van der Waals surface area (Å²) in [6.07, 6.45) is 12.7. The van der Waals surface area contributed by atoms with E-state index in [4.69, 9.17) is 0 Å². The molecule has 0 saturated carbocycles. The third-order valence-electron chi connectivity index (χ3n) is 2.16. The van der Waals surface area contributed by atoms with Crippen molar-refractivity contribution >= 4 is 0 Å². The highest BCUT2D eigenvalue weighted by Crippen LogP contribution is 2.02. The van der Waals surface area contributed by atoms with Crippen molar-refractivity contribution in [2.75, 3.05) is 6.54 Å². The summed E-state index contributed by atoms with van der Waals surface area (Å²) in [7, 11) is 0. The van der Waals surface area contributed by atoms with Crippen molar-refractivity contribution in [2.45, 2.75) is 58.8 Å². The minimum Gasteiger partial charge on any atom is -0.268 e. The van der Waals surface area contributed by atoms with Gasteiger partial charge in [0.25, 0.3) is 0 Å². The number of nitrogens with one attached hydrogen (secondary N) is 1. The molecule has 1 N–H and O–H groups in total. The maximum Gasteiger partial charge on any atom is 0.0620 e. The van der Waals surface area contributed by atoms with Gasteiger partial charge >= 0.3 is 0 Å². The van der Waals surface area contributed by atoms with Crippen LogP contribution in [0.5, 0.6) is 0 Å². The molecule has 0 aromatic rings. The van der Waals surface area contributed by atoms with E-state index in [9.17, 15) is 0 Å². The molecular formula is C12H25N3. The van der Waals surface area contributed by atoms with E-state index < -0.39 is 0 Å². The summed E-state index contributed by atoms with van der Waals surface area (Å²) >= 11 is 0. The highest BCUT2D eigenvalue weighted by molar-refractivity contribution is 4.77. The number of nitrogens with zero attached hydrogens (tertiary/aromatic N) is 2. The van der Waals surface area contributed by atoms with E-state index in [1.165, 1.54) is 32.1 Å². The number of allylic oxidation sites excluding steroid dienone is 1. The second-order valence-corrected chi connectivity index (χ2v) is 3.70. The van der Waals surface area contributed by atoms with Crippen molar-refractivity contribution in [3.63, 3.8) is 0 Å². The zero-order valence-electron chi connectivity index (χ0n) is 10.2. The number of unbranched alkanes of at least 4 members (excludes halogenated alkanes) is 5. The van der Waals surface area contributed by atoms with Gasteiger partial charge in [0, 0.05) is 6.20 Å². The highest BCUT2D eigenvalue weighted by Gasteiger charge is 1.83. The Morgan fingerprint density at radius 2 is 1.80 bits per heavy atom. The predicted molar refractivity (Wildman–Crippen MR) is 65.7 cm³/mol. The fraction of sp³-hybridized carbons (Fsp3) is 0.833. The van der Waals surface area contributed by atoms with Crippen molar-refractivity contribution in [3.8, 4) is 0 Å². The molecule has 0 aromatic carbocycles. The van der Waals surface area contributed by atoms with Gasteiger partial charge in [-0.25, -0.2) is 0 Å². The summed E-state index contributed by atoms with van der Waals surface area (Å²) in [5.74, 6) is 0. The lowest BCUT2D eigenvalue weighted by Gasteiger charge is -1.94. The molecule has 0 aliphatic carbocycles. The fourth-order valence-electron chi connectivity index (χ4n) is 1.18. The molecule has 0 aliphatic rings. The average molecular weight is 211 g/mol. The van der Waals surface area contributed by atoms with Crippen LogP contribution >= 0.6 is 0 Å². The Balaban J connectivity index is 3.13. The summed E-state index contributed by atoms with van der Waals surface area (Å²) in [5, 5.41) is 7.80. The normalized spacial score (nSPS) is 11.6. The fourth-order valence-corrected chi connectivity index (χ4v) is 1.18. The molecule has 3 nitrogen and oxygen atoms in total. The maximum absolute atomic E-state index is 3.97. The van der Waals surface area contributed by atoms with E-state index in [1.807, 2.05) is 6.20 Å². The molecule has 0 aliphatic heterocycles. The van der Waals surface area contributed by atoms with Crippen molar-refractivity contribution in [3.05, 3.63) is 12.3 Å². The molecule has 0 atom stereocenters. The first-order chi connectivity index (χ1) is 7.41. The summed E-state index contributed by atoms with van der Waals surface area (Å²) in [6.45, 7) is 5.21. The first-order valence-corrected chi connectivity index (χ1v) is 6.18. The Hall–Kier alpha value is -0.860. The third kappa shape index (κ3) is 13.1. The average Bonchev–Trinajstić information content (AvgIpc) is 2.26. The molecule has 0 rings (SSSR count). The van der Waals surface area contributed by atoms with E-state index >= 15 is 0 Å². The van der Waals surface area contributed by atoms with Crippen LogP contribution in [0.15, 0.2) is 22.6 Å². The van der Waals surface area contributed by atoms with Crippen LogP contribution in [0.1, 0.15) is 58.8 Å². The molecule has 88 valence electrons. The second-order valence-electron chi connectivity index (χ2n) is 3.70. The monoisotopic (exact) mass is 211 g/mol. The molecular weight excluding hydrogens is 186 g/mol. The van der Waals surface area contributed by atoms with Gasteiger partial charge in [-0.1, -0.05) is 50.8 Å². The smallest absolute Gasteiger partial charge is 0.0620 e. The van der Waals surface area contributed by atoms with E-state index in [2.05, 4.69) is 35.7 Å². The Morgan fingerprint density at radius 1 is 1.00 bits per heavy atom. The van der Waals surface area contributed by atoms with Crippen LogP contribution in [-0.2, 0) is 0 Å². The van der Waals surface area contributed by atoms with Crippen molar-refractivity contribution in [1.29, 1.82) is 0 Å². The molecule has 0 unspecified atom stereocenters. The Bertz CT molecular complexity index is 164.